The van der Waals surface area contributed by atoms with Crippen LogP contribution in [0.4, 0.5) is 5.82 Å². The largest absolute Gasteiger partial charge is 0.354 e. The Balaban J connectivity index is 2.43. The third kappa shape index (κ3) is 2.38. The first-order valence-electron chi connectivity index (χ1n) is 7.25. The number of aryl methyl sites for hydroxylation is 1. The van der Waals surface area contributed by atoms with Crippen LogP contribution in [0.25, 0.3) is 0 Å². The molecule has 108 valence electrons. The van der Waals surface area contributed by atoms with Crippen LogP contribution < -0.4 is 10.6 Å². The van der Waals surface area contributed by atoms with E-state index in [1.807, 2.05) is 20.8 Å². The van der Waals surface area contributed by atoms with Gasteiger partial charge in [-0.1, -0.05) is 13.8 Å². The Kier molecular flexibility index (Phi) is 4.01. The Bertz CT molecular complexity index is 557. The van der Waals surface area contributed by atoms with E-state index in [0.717, 1.165) is 35.7 Å². The Morgan fingerprint density at radius 1 is 1.25 bits per heavy atom. The highest BCUT2D eigenvalue weighted by Gasteiger charge is 2.34. The van der Waals surface area contributed by atoms with E-state index < -0.39 is 0 Å². The molecule has 1 aromatic heterocycles. The van der Waals surface area contributed by atoms with E-state index in [1.165, 1.54) is 0 Å². The predicted molar refractivity (Wildman–Crippen MR) is 81.7 cm³/mol. The number of aromatic nitrogens is 1. The van der Waals surface area contributed by atoms with Gasteiger partial charge in [-0.15, -0.1) is 0 Å². The van der Waals surface area contributed by atoms with Gasteiger partial charge in [-0.3, -0.25) is 0 Å². The number of pyridine rings is 1. The maximum Gasteiger partial charge on any atom is 0.147 e. The van der Waals surface area contributed by atoms with Crippen molar-refractivity contribution in [3.63, 3.8) is 0 Å². The summed E-state index contributed by atoms with van der Waals surface area (Å²) in [4.78, 5) is 6.85. The quantitative estimate of drug-likeness (QED) is 0.897. The number of nitrogens with zero attached hydrogens (tertiary/aromatic N) is 3. The summed E-state index contributed by atoms with van der Waals surface area (Å²) < 4.78 is 0. The molecule has 4 heteroatoms. The van der Waals surface area contributed by atoms with Crippen molar-refractivity contribution in [2.24, 2.45) is 17.6 Å². The van der Waals surface area contributed by atoms with Crippen LogP contribution in [0.15, 0.2) is 0 Å². The standard InChI is InChI=1S/C16H24N4/c1-9(2)14-7-20(8-15(14)18)16-13(6-17)11(4)10(3)12(5)19-16/h9,14-15H,7-8,18H2,1-5H3/t14-,15+/m0/s1. The van der Waals surface area contributed by atoms with Crippen molar-refractivity contribution in [2.75, 3.05) is 18.0 Å². The molecule has 0 saturated carbocycles. The summed E-state index contributed by atoms with van der Waals surface area (Å²) in [6.45, 7) is 12.1. The zero-order valence-electron chi connectivity index (χ0n) is 13.1. The molecule has 0 unspecified atom stereocenters. The van der Waals surface area contributed by atoms with Crippen molar-refractivity contribution in [1.29, 1.82) is 5.26 Å². The van der Waals surface area contributed by atoms with Crippen molar-refractivity contribution in [3.8, 4) is 6.07 Å². The van der Waals surface area contributed by atoms with Gasteiger partial charge >= 0.3 is 0 Å². The van der Waals surface area contributed by atoms with Gasteiger partial charge in [0.05, 0.1) is 5.56 Å². The fourth-order valence-corrected chi connectivity index (χ4v) is 3.02. The fraction of sp³-hybridized carbons (Fsp3) is 0.625. The summed E-state index contributed by atoms with van der Waals surface area (Å²) in [5, 5.41) is 9.47. The molecule has 2 heterocycles. The summed E-state index contributed by atoms with van der Waals surface area (Å²) >= 11 is 0. The van der Waals surface area contributed by atoms with E-state index in [9.17, 15) is 5.26 Å². The number of nitrogens with two attached hydrogens (primary N) is 1. The van der Waals surface area contributed by atoms with Crippen molar-refractivity contribution >= 4 is 5.82 Å². The van der Waals surface area contributed by atoms with Crippen molar-refractivity contribution < 1.29 is 0 Å². The van der Waals surface area contributed by atoms with Gasteiger partial charge in [0.25, 0.3) is 0 Å². The van der Waals surface area contributed by atoms with Gasteiger partial charge in [0, 0.05) is 24.8 Å². The van der Waals surface area contributed by atoms with Gasteiger partial charge in [-0.2, -0.15) is 5.26 Å². The zero-order chi connectivity index (χ0) is 15.0. The Morgan fingerprint density at radius 3 is 2.40 bits per heavy atom. The summed E-state index contributed by atoms with van der Waals surface area (Å²) in [6.07, 6.45) is 0. The Morgan fingerprint density at radius 2 is 1.90 bits per heavy atom. The lowest BCUT2D eigenvalue weighted by Gasteiger charge is -2.22. The normalized spacial score (nSPS) is 22.4. The molecule has 1 aliphatic heterocycles. The molecule has 4 nitrogen and oxygen atoms in total. The first-order valence-corrected chi connectivity index (χ1v) is 7.25. The van der Waals surface area contributed by atoms with E-state index in [0.29, 0.717) is 17.4 Å². The third-order valence-corrected chi connectivity index (χ3v) is 4.66. The molecule has 0 amide bonds. The summed E-state index contributed by atoms with van der Waals surface area (Å²) in [6, 6.07) is 2.48. The van der Waals surface area contributed by atoms with E-state index in [2.05, 4.69) is 29.8 Å². The highest BCUT2D eigenvalue weighted by Crippen LogP contribution is 2.31. The van der Waals surface area contributed by atoms with Crippen LogP contribution in [0.1, 0.15) is 36.2 Å². The number of hydrogen-bond acceptors (Lipinski definition) is 4. The molecular weight excluding hydrogens is 248 g/mol. The fourth-order valence-electron chi connectivity index (χ4n) is 3.02. The molecule has 0 aromatic carbocycles. The van der Waals surface area contributed by atoms with Crippen LogP contribution in [0.2, 0.25) is 0 Å². The number of hydrogen-bond donors (Lipinski definition) is 1. The smallest absolute Gasteiger partial charge is 0.147 e. The maximum atomic E-state index is 9.47. The molecule has 1 fully saturated rings. The van der Waals surface area contributed by atoms with Gasteiger partial charge in [0.15, 0.2) is 0 Å². The van der Waals surface area contributed by atoms with Gasteiger partial charge in [0.1, 0.15) is 11.9 Å². The van der Waals surface area contributed by atoms with Crippen molar-refractivity contribution in [3.05, 3.63) is 22.4 Å². The Hall–Kier alpha value is -1.60. The van der Waals surface area contributed by atoms with Crippen molar-refractivity contribution in [2.45, 2.75) is 40.7 Å². The minimum atomic E-state index is 0.158. The minimum Gasteiger partial charge on any atom is -0.354 e. The van der Waals surface area contributed by atoms with E-state index in [-0.39, 0.29) is 6.04 Å². The highest BCUT2D eigenvalue weighted by atomic mass is 15.2. The molecule has 0 aliphatic carbocycles. The predicted octanol–water partition coefficient (Wildman–Crippen LogP) is 2.30. The Labute approximate surface area is 121 Å². The van der Waals surface area contributed by atoms with E-state index in [1.54, 1.807) is 0 Å². The number of nitriles is 1. The molecule has 2 N–H and O–H groups in total. The first kappa shape index (κ1) is 14.8. The lowest BCUT2D eigenvalue weighted by atomic mass is 9.92. The molecule has 0 bridgehead atoms. The summed E-state index contributed by atoms with van der Waals surface area (Å²) in [7, 11) is 0. The van der Waals surface area contributed by atoms with Crippen LogP contribution >= 0.6 is 0 Å². The molecule has 0 radical (unpaired) electrons. The second-order valence-electron chi connectivity index (χ2n) is 6.23. The highest BCUT2D eigenvalue weighted by molar-refractivity contribution is 5.61. The monoisotopic (exact) mass is 272 g/mol. The van der Waals surface area contributed by atoms with Gasteiger partial charge < -0.3 is 10.6 Å². The molecule has 20 heavy (non-hydrogen) atoms. The van der Waals surface area contributed by atoms with Crippen LogP contribution in [0.5, 0.6) is 0 Å². The second-order valence-corrected chi connectivity index (χ2v) is 6.23. The van der Waals surface area contributed by atoms with E-state index in [4.69, 9.17) is 5.73 Å². The third-order valence-electron chi connectivity index (χ3n) is 4.66. The lowest BCUT2D eigenvalue weighted by Crippen LogP contribution is -2.32. The van der Waals surface area contributed by atoms with Crippen LogP contribution in [-0.2, 0) is 0 Å². The van der Waals surface area contributed by atoms with E-state index >= 15 is 0 Å². The molecular formula is C16H24N4. The van der Waals surface area contributed by atoms with Gasteiger partial charge in [0.2, 0.25) is 0 Å². The molecule has 2 rings (SSSR count). The topological polar surface area (TPSA) is 65.9 Å². The van der Waals surface area contributed by atoms with Gasteiger partial charge in [-0.25, -0.2) is 4.98 Å². The second kappa shape index (κ2) is 5.41. The van der Waals surface area contributed by atoms with Gasteiger partial charge in [-0.05, 0) is 43.7 Å². The average Bonchev–Trinajstić information content (AvgIpc) is 2.77. The molecule has 1 aliphatic rings. The molecule has 1 aromatic rings. The summed E-state index contributed by atoms with van der Waals surface area (Å²) in [5.74, 6) is 1.82. The summed E-state index contributed by atoms with van der Waals surface area (Å²) in [5.41, 5.74) is 10.1. The molecule has 2 atom stereocenters. The maximum absolute atomic E-state index is 9.47. The lowest BCUT2D eigenvalue weighted by molar-refractivity contribution is 0.382. The number of rotatable bonds is 2. The molecule has 1 saturated heterocycles. The van der Waals surface area contributed by atoms with Crippen LogP contribution in [-0.4, -0.2) is 24.1 Å². The van der Waals surface area contributed by atoms with Crippen LogP contribution in [0, 0.1) is 43.9 Å². The van der Waals surface area contributed by atoms with Crippen LogP contribution in [0.3, 0.4) is 0 Å². The molecule has 0 spiro atoms. The zero-order valence-corrected chi connectivity index (χ0v) is 13.1. The number of anilines is 1. The first-order chi connectivity index (χ1) is 9.36. The SMILES string of the molecule is Cc1nc(N2C[C@@H](N)[C@H](C(C)C)C2)c(C#N)c(C)c1C. The van der Waals surface area contributed by atoms with Crippen molar-refractivity contribution in [1.82, 2.24) is 4.98 Å². The average molecular weight is 272 g/mol. The minimum absolute atomic E-state index is 0.158.